The van der Waals surface area contributed by atoms with Crippen LogP contribution in [0.3, 0.4) is 0 Å². The van der Waals surface area contributed by atoms with Gasteiger partial charge in [-0.2, -0.15) is 0 Å². The number of aromatic hydroxyl groups is 1. The van der Waals surface area contributed by atoms with Crippen LogP contribution in [0.1, 0.15) is 32.8 Å². The van der Waals surface area contributed by atoms with E-state index in [9.17, 15) is 9.90 Å². The molecule has 1 atom stereocenters. The van der Waals surface area contributed by atoms with E-state index in [1.165, 1.54) is 0 Å². The number of carbonyl (C=O) groups excluding carboxylic acids is 1. The largest absolute Gasteiger partial charge is 0.508 e. The third kappa shape index (κ3) is 3.97. The lowest BCUT2D eigenvalue weighted by Gasteiger charge is -2.28. The van der Waals surface area contributed by atoms with E-state index in [0.717, 1.165) is 17.7 Å². The third-order valence-corrected chi connectivity index (χ3v) is 3.46. The SMILES string of the molecule is CCN(C(=O)C(CN)CC(C)C)c1cc(O)ccc1C. The molecule has 1 rings (SSSR count). The molecule has 0 aromatic heterocycles. The number of anilines is 1. The normalized spacial score (nSPS) is 12.5. The quantitative estimate of drug-likeness (QED) is 0.840. The van der Waals surface area contributed by atoms with Gasteiger partial charge in [0.25, 0.3) is 0 Å². The molecule has 0 aliphatic carbocycles. The number of benzene rings is 1. The molecule has 4 heteroatoms. The second-order valence-electron chi connectivity index (χ2n) is 5.62. The number of nitrogens with zero attached hydrogens (tertiary/aromatic N) is 1. The number of nitrogens with two attached hydrogens (primary N) is 1. The standard InChI is InChI=1S/C16H26N2O2/c1-5-18(15-9-14(19)7-6-12(15)4)16(20)13(10-17)8-11(2)3/h6-7,9,11,13,19H,5,8,10,17H2,1-4H3. The Labute approximate surface area is 121 Å². The van der Waals surface area contributed by atoms with Crippen molar-refractivity contribution in [3.8, 4) is 5.75 Å². The summed E-state index contributed by atoms with van der Waals surface area (Å²) in [4.78, 5) is 14.4. The first kappa shape index (κ1) is 16.5. The Morgan fingerprint density at radius 3 is 2.55 bits per heavy atom. The molecule has 1 amide bonds. The van der Waals surface area contributed by atoms with E-state index in [1.54, 1.807) is 17.0 Å². The number of rotatable bonds is 6. The molecule has 20 heavy (non-hydrogen) atoms. The average Bonchev–Trinajstić information content (AvgIpc) is 2.40. The minimum Gasteiger partial charge on any atom is -0.508 e. The summed E-state index contributed by atoms with van der Waals surface area (Å²) in [6, 6.07) is 5.09. The molecule has 0 saturated carbocycles. The summed E-state index contributed by atoms with van der Waals surface area (Å²) in [5, 5.41) is 9.64. The second-order valence-corrected chi connectivity index (χ2v) is 5.62. The van der Waals surface area contributed by atoms with E-state index in [2.05, 4.69) is 13.8 Å². The summed E-state index contributed by atoms with van der Waals surface area (Å²) in [6.45, 7) is 8.97. The van der Waals surface area contributed by atoms with Gasteiger partial charge in [-0.25, -0.2) is 0 Å². The Morgan fingerprint density at radius 1 is 1.40 bits per heavy atom. The summed E-state index contributed by atoms with van der Waals surface area (Å²) in [5.74, 6) is 0.468. The van der Waals surface area contributed by atoms with Gasteiger partial charge in [-0.1, -0.05) is 19.9 Å². The van der Waals surface area contributed by atoms with Crippen LogP contribution in [-0.4, -0.2) is 24.1 Å². The predicted molar refractivity (Wildman–Crippen MR) is 82.9 cm³/mol. The maximum absolute atomic E-state index is 12.7. The molecular weight excluding hydrogens is 252 g/mol. The van der Waals surface area contributed by atoms with Gasteiger partial charge in [-0.3, -0.25) is 4.79 Å². The van der Waals surface area contributed by atoms with Crippen LogP contribution in [0.5, 0.6) is 5.75 Å². The van der Waals surface area contributed by atoms with Crippen molar-refractivity contribution in [3.63, 3.8) is 0 Å². The molecule has 0 spiro atoms. The van der Waals surface area contributed by atoms with Crippen LogP contribution in [0.15, 0.2) is 18.2 Å². The van der Waals surface area contributed by atoms with E-state index < -0.39 is 0 Å². The molecule has 0 aliphatic heterocycles. The Kier molecular flexibility index (Phi) is 6.02. The average molecular weight is 278 g/mol. The number of aryl methyl sites for hydroxylation is 1. The summed E-state index contributed by atoms with van der Waals surface area (Å²) >= 11 is 0. The smallest absolute Gasteiger partial charge is 0.231 e. The first-order valence-corrected chi connectivity index (χ1v) is 7.21. The number of phenolic OH excluding ortho intramolecular Hbond substituents is 1. The minimum absolute atomic E-state index is 0.0393. The van der Waals surface area contributed by atoms with Crippen LogP contribution < -0.4 is 10.6 Å². The van der Waals surface area contributed by atoms with Gasteiger partial charge in [-0.15, -0.1) is 0 Å². The number of phenols is 1. The van der Waals surface area contributed by atoms with Gasteiger partial charge in [0, 0.05) is 19.2 Å². The van der Waals surface area contributed by atoms with Crippen LogP contribution in [-0.2, 0) is 4.79 Å². The number of hydrogen-bond donors (Lipinski definition) is 2. The molecule has 3 N–H and O–H groups in total. The zero-order valence-electron chi connectivity index (χ0n) is 12.9. The van der Waals surface area contributed by atoms with Gasteiger partial charge in [0.15, 0.2) is 0 Å². The summed E-state index contributed by atoms with van der Waals surface area (Å²) in [6.07, 6.45) is 0.781. The van der Waals surface area contributed by atoms with E-state index >= 15 is 0 Å². The van der Waals surface area contributed by atoms with E-state index in [0.29, 0.717) is 19.0 Å². The first-order chi connectivity index (χ1) is 9.40. The molecule has 4 nitrogen and oxygen atoms in total. The zero-order chi connectivity index (χ0) is 15.3. The Balaban J connectivity index is 3.05. The van der Waals surface area contributed by atoms with Gasteiger partial charge >= 0.3 is 0 Å². The molecule has 0 aliphatic rings. The van der Waals surface area contributed by atoms with E-state index in [1.807, 2.05) is 19.9 Å². The van der Waals surface area contributed by atoms with Crippen LogP contribution in [0.4, 0.5) is 5.69 Å². The van der Waals surface area contributed by atoms with Crippen LogP contribution >= 0.6 is 0 Å². The van der Waals surface area contributed by atoms with Crippen molar-refractivity contribution < 1.29 is 9.90 Å². The maximum Gasteiger partial charge on any atom is 0.231 e. The molecule has 1 aromatic carbocycles. The van der Waals surface area contributed by atoms with Crippen LogP contribution in [0.25, 0.3) is 0 Å². The lowest BCUT2D eigenvalue weighted by Crippen LogP contribution is -2.40. The molecule has 0 radical (unpaired) electrons. The highest BCUT2D eigenvalue weighted by atomic mass is 16.3. The van der Waals surface area contributed by atoms with Crippen molar-refractivity contribution in [2.75, 3.05) is 18.0 Å². The van der Waals surface area contributed by atoms with Crippen LogP contribution in [0, 0.1) is 18.8 Å². The monoisotopic (exact) mass is 278 g/mol. The Hall–Kier alpha value is -1.55. The number of amides is 1. The van der Waals surface area contributed by atoms with E-state index in [-0.39, 0.29) is 17.6 Å². The molecule has 112 valence electrons. The fourth-order valence-electron chi connectivity index (χ4n) is 2.42. The van der Waals surface area contributed by atoms with Crippen molar-refractivity contribution in [1.29, 1.82) is 0 Å². The Bertz CT molecular complexity index is 458. The summed E-state index contributed by atoms with van der Waals surface area (Å²) < 4.78 is 0. The van der Waals surface area contributed by atoms with Crippen molar-refractivity contribution in [1.82, 2.24) is 0 Å². The molecule has 0 heterocycles. The van der Waals surface area contributed by atoms with Gasteiger partial charge in [0.2, 0.25) is 5.91 Å². The van der Waals surface area contributed by atoms with Crippen molar-refractivity contribution in [2.24, 2.45) is 17.6 Å². The molecule has 1 unspecified atom stereocenters. The number of hydrogen-bond acceptors (Lipinski definition) is 3. The number of carbonyl (C=O) groups is 1. The predicted octanol–water partition coefficient (Wildman–Crippen LogP) is 2.67. The third-order valence-electron chi connectivity index (χ3n) is 3.46. The van der Waals surface area contributed by atoms with Gasteiger partial charge in [-0.05, 0) is 37.8 Å². The van der Waals surface area contributed by atoms with E-state index in [4.69, 9.17) is 5.73 Å². The minimum atomic E-state index is -0.170. The summed E-state index contributed by atoms with van der Waals surface area (Å²) in [5.41, 5.74) is 7.50. The van der Waals surface area contributed by atoms with Gasteiger partial charge in [0.1, 0.15) is 5.75 Å². The fourth-order valence-corrected chi connectivity index (χ4v) is 2.42. The molecule has 1 aromatic rings. The van der Waals surface area contributed by atoms with Crippen molar-refractivity contribution >= 4 is 11.6 Å². The fraction of sp³-hybridized carbons (Fsp3) is 0.562. The zero-order valence-corrected chi connectivity index (χ0v) is 12.9. The molecular formula is C16H26N2O2. The molecule has 0 bridgehead atoms. The van der Waals surface area contributed by atoms with Crippen LogP contribution in [0.2, 0.25) is 0 Å². The molecule has 0 fully saturated rings. The maximum atomic E-state index is 12.7. The van der Waals surface area contributed by atoms with Crippen molar-refractivity contribution in [3.05, 3.63) is 23.8 Å². The highest BCUT2D eigenvalue weighted by molar-refractivity contribution is 5.96. The van der Waals surface area contributed by atoms with Gasteiger partial charge < -0.3 is 15.7 Å². The van der Waals surface area contributed by atoms with Gasteiger partial charge in [0.05, 0.1) is 11.6 Å². The van der Waals surface area contributed by atoms with Crippen molar-refractivity contribution in [2.45, 2.75) is 34.1 Å². The highest BCUT2D eigenvalue weighted by Crippen LogP contribution is 2.27. The first-order valence-electron chi connectivity index (χ1n) is 7.21. The molecule has 0 saturated heterocycles. The topological polar surface area (TPSA) is 66.6 Å². The lowest BCUT2D eigenvalue weighted by molar-refractivity contribution is -0.122. The lowest BCUT2D eigenvalue weighted by atomic mass is 9.95. The summed E-state index contributed by atoms with van der Waals surface area (Å²) in [7, 11) is 0. The second kappa shape index (κ2) is 7.29. The highest BCUT2D eigenvalue weighted by Gasteiger charge is 2.25. The Morgan fingerprint density at radius 2 is 2.05 bits per heavy atom.